The van der Waals surface area contributed by atoms with Crippen LogP contribution >= 0.6 is 11.6 Å². The maximum absolute atomic E-state index is 13.7. The molecular weight excluding hydrogens is 369 g/mol. The van der Waals surface area contributed by atoms with Crippen molar-refractivity contribution < 1.29 is 18.7 Å². The molecule has 2 aromatic rings. The summed E-state index contributed by atoms with van der Waals surface area (Å²) in [5.74, 6) is -1.76. The van der Waals surface area contributed by atoms with Crippen LogP contribution in [0.5, 0.6) is 0 Å². The second kappa shape index (κ2) is 9.33. The molecule has 1 atom stereocenters. The van der Waals surface area contributed by atoms with Crippen LogP contribution < -0.4 is 5.32 Å². The van der Waals surface area contributed by atoms with Crippen LogP contribution in [0.15, 0.2) is 42.5 Å². The van der Waals surface area contributed by atoms with Crippen molar-refractivity contribution in [3.63, 3.8) is 0 Å². The highest BCUT2D eigenvalue weighted by atomic mass is 35.5. The lowest BCUT2D eigenvalue weighted by Gasteiger charge is -2.16. The largest absolute Gasteiger partial charge is 0.449 e. The van der Waals surface area contributed by atoms with Gasteiger partial charge in [0.05, 0.1) is 5.02 Å². The second-order valence-corrected chi connectivity index (χ2v) is 6.41. The van der Waals surface area contributed by atoms with Crippen LogP contribution in [-0.4, -0.2) is 18.0 Å². The van der Waals surface area contributed by atoms with E-state index in [0.29, 0.717) is 0 Å². The molecule has 4 nitrogen and oxygen atoms in total. The van der Waals surface area contributed by atoms with Gasteiger partial charge >= 0.3 is 5.97 Å². The number of halogens is 2. The van der Waals surface area contributed by atoms with Gasteiger partial charge in [0.1, 0.15) is 5.82 Å². The first-order chi connectivity index (χ1) is 12.8. The summed E-state index contributed by atoms with van der Waals surface area (Å²) in [7, 11) is 0. The molecule has 0 bridgehead atoms. The summed E-state index contributed by atoms with van der Waals surface area (Å²) >= 11 is 5.90. The number of hydrogen-bond donors (Lipinski definition) is 1. The summed E-state index contributed by atoms with van der Waals surface area (Å²) in [6.07, 6.45) is 2.01. The van der Waals surface area contributed by atoms with Crippen molar-refractivity contribution in [2.24, 2.45) is 0 Å². The summed E-state index contributed by atoms with van der Waals surface area (Å²) in [6.45, 7) is 5.36. The molecule has 0 saturated heterocycles. The summed E-state index contributed by atoms with van der Waals surface area (Å²) in [5.41, 5.74) is 2.73. The fraction of sp³-hybridized carbons (Fsp3) is 0.238. The standard InChI is InChI=1S/C21H21ClFNO3/c1-4-15-8-5-7-13(2)20(15)24-21(26)14(3)27-19(25)12-11-16-17(22)9-6-10-18(16)23/h5-12,14H,4H2,1-3H3,(H,24,26)/b12-11+/t14-/m1/s1. The molecule has 142 valence electrons. The minimum atomic E-state index is -1.01. The Morgan fingerprint density at radius 2 is 1.96 bits per heavy atom. The first-order valence-corrected chi connectivity index (χ1v) is 8.93. The van der Waals surface area contributed by atoms with E-state index in [1.807, 2.05) is 32.0 Å². The molecule has 27 heavy (non-hydrogen) atoms. The number of carbonyl (C=O) groups is 2. The number of nitrogens with one attached hydrogen (secondary N) is 1. The minimum Gasteiger partial charge on any atom is -0.449 e. The van der Waals surface area contributed by atoms with Crippen molar-refractivity contribution in [3.05, 3.63) is 70.0 Å². The van der Waals surface area contributed by atoms with Crippen LogP contribution in [0.4, 0.5) is 10.1 Å². The predicted molar refractivity (Wildman–Crippen MR) is 105 cm³/mol. The summed E-state index contributed by atoms with van der Waals surface area (Å²) in [4.78, 5) is 24.3. The number of amides is 1. The van der Waals surface area contributed by atoms with E-state index in [-0.39, 0.29) is 10.6 Å². The molecule has 1 amide bonds. The number of para-hydroxylation sites is 1. The number of anilines is 1. The Morgan fingerprint density at radius 1 is 1.26 bits per heavy atom. The Labute approximate surface area is 163 Å². The topological polar surface area (TPSA) is 55.4 Å². The van der Waals surface area contributed by atoms with E-state index in [1.54, 1.807) is 0 Å². The zero-order valence-corrected chi connectivity index (χ0v) is 16.1. The molecule has 2 aromatic carbocycles. The Balaban J connectivity index is 2.02. The van der Waals surface area contributed by atoms with Crippen LogP contribution in [0, 0.1) is 12.7 Å². The molecule has 0 fully saturated rings. The van der Waals surface area contributed by atoms with E-state index < -0.39 is 23.8 Å². The fourth-order valence-electron chi connectivity index (χ4n) is 2.52. The lowest BCUT2D eigenvalue weighted by atomic mass is 10.1. The third-order valence-electron chi connectivity index (χ3n) is 4.04. The van der Waals surface area contributed by atoms with E-state index in [0.717, 1.165) is 29.3 Å². The van der Waals surface area contributed by atoms with E-state index in [4.69, 9.17) is 16.3 Å². The quantitative estimate of drug-likeness (QED) is 0.562. The molecule has 0 heterocycles. The van der Waals surface area contributed by atoms with Gasteiger partial charge in [-0.15, -0.1) is 0 Å². The van der Waals surface area contributed by atoms with E-state index in [9.17, 15) is 14.0 Å². The first kappa shape index (κ1) is 20.6. The van der Waals surface area contributed by atoms with Gasteiger partial charge < -0.3 is 10.1 Å². The van der Waals surface area contributed by atoms with Gasteiger partial charge in [0.25, 0.3) is 5.91 Å². The number of hydrogen-bond acceptors (Lipinski definition) is 3. The minimum absolute atomic E-state index is 0.0840. The Kier molecular flexibility index (Phi) is 7.13. The molecule has 6 heteroatoms. The van der Waals surface area contributed by atoms with Crippen molar-refractivity contribution in [3.8, 4) is 0 Å². The zero-order valence-electron chi connectivity index (χ0n) is 15.4. The molecule has 2 rings (SSSR count). The highest BCUT2D eigenvalue weighted by Crippen LogP contribution is 2.22. The molecule has 0 aliphatic carbocycles. The average molecular weight is 390 g/mol. The number of aryl methyl sites for hydroxylation is 2. The number of esters is 1. The molecule has 0 unspecified atom stereocenters. The van der Waals surface area contributed by atoms with Gasteiger partial charge in [0.2, 0.25) is 0 Å². The molecular formula is C21H21ClFNO3. The van der Waals surface area contributed by atoms with Crippen LogP contribution in [0.1, 0.15) is 30.5 Å². The van der Waals surface area contributed by atoms with Crippen LogP contribution in [-0.2, 0) is 20.7 Å². The smallest absolute Gasteiger partial charge is 0.331 e. The summed E-state index contributed by atoms with van der Waals surface area (Å²) in [6, 6.07) is 9.97. The number of rotatable bonds is 6. The second-order valence-electron chi connectivity index (χ2n) is 6.00. The first-order valence-electron chi connectivity index (χ1n) is 8.55. The van der Waals surface area contributed by atoms with Gasteiger partial charge in [0, 0.05) is 17.3 Å². The number of ether oxygens (including phenoxy) is 1. The summed E-state index contributed by atoms with van der Waals surface area (Å²) in [5, 5.41) is 2.98. The molecule has 0 aliphatic heterocycles. The maximum Gasteiger partial charge on any atom is 0.331 e. The molecule has 0 radical (unpaired) electrons. The maximum atomic E-state index is 13.7. The SMILES string of the molecule is CCc1cccc(C)c1NC(=O)[C@@H](C)OC(=O)/C=C/c1c(F)cccc1Cl. The Bertz CT molecular complexity index is 859. The lowest BCUT2D eigenvalue weighted by Crippen LogP contribution is -2.30. The van der Waals surface area contributed by atoms with Crippen molar-refractivity contribution in [2.75, 3.05) is 5.32 Å². The fourth-order valence-corrected chi connectivity index (χ4v) is 2.74. The normalized spacial score (nSPS) is 12.0. The van der Waals surface area contributed by atoms with Crippen molar-refractivity contribution >= 4 is 35.2 Å². The van der Waals surface area contributed by atoms with Gasteiger partial charge in [-0.2, -0.15) is 0 Å². The summed E-state index contributed by atoms with van der Waals surface area (Å²) < 4.78 is 18.8. The van der Waals surface area contributed by atoms with E-state index >= 15 is 0 Å². The van der Waals surface area contributed by atoms with Gasteiger partial charge in [-0.05, 0) is 49.6 Å². The Hall–Kier alpha value is -2.66. The van der Waals surface area contributed by atoms with Gasteiger partial charge in [-0.25, -0.2) is 9.18 Å². The zero-order chi connectivity index (χ0) is 20.0. The lowest BCUT2D eigenvalue weighted by molar-refractivity contribution is -0.148. The van der Waals surface area contributed by atoms with Crippen LogP contribution in [0.25, 0.3) is 6.08 Å². The van der Waals surface area contributed by atoms with Crippen molar-refractivity contribution in [1.82, 2.24) is 0 Å². The highest BCUT2D eigenvalue weighted by Gasteiger charge is 2.18. The molecule has 0 spiro atoms. The van der Waals surface area contributed by atoms with Gasteiger partial charge in [-0.3, -0.25) is 4.79 Å². The molecule has 0 aliphatic rings. The number of benzene rings is 2. The van der Waals surface area contributed by atoms with Crippen LogP contribution in [0.2, 0.25) is 5.02 Å². The predicted octanol–water partition coefficient (Wildman–Crippen LogP) is 4.93. The van der Waals surface area contributed by atoms with E-state index in [2.05, 4.69) is 5.32 Å². The van der Waals surface area contributed by atoms with Gasteiger partial charge in [-0.1, -0.05) is 42.8 Å². The molecule has 1 N–H and O–H groups in total. The Morgan fingerprint density at radius 3 is 2.63 bits per heavy atom. The average Bonchev–Trinajstić information content (AvgIpc) is 2.62. The van der Waals surface area contributed by atoms with Crippen LogP contribution in [0.3, 0.4) is 0 Å². The highest BCUT2D eigenvalue weighted by molar-refractivity contribution is 6.32. The van der Waals surface area contributed by atoms with E-state index in [1.165, 1.54) is 31.2 Å². The molecule has 0 aromatic heterocycles. The monoisotopic (exact) mass is 389 g/mol. The van der Waals surface area contributed by atoms with Crippen molar-refractivity contribution in [2.45, 2.75) is 33.3 Å². The third kappa shape index (κ3) is 5.41. The van der Waals surface area contributed by atoms with Crippen molar-refractivity contribution in [1.29, 1.82) is 0 Å². The molecule has 0 saturated carbocycles. The number of carbonyl (C=O) groups excluding carboxylic acids is 2. The van der Waals surface area contributed by atoms with Gasteiger partial charge in [0.15, 0.2) is 6.10 Å². The third-order valence-corrected chi connectivity index (χ3v) is 4.37.